The predicted octanol–water partition coefficient (Wildman–Crippen LogP) is -0.598. The van der Waals surface area contributed by atoms with E-state index in [1.165, 1.54) is 0 Å². The molecule has 0 saturated carbocycles. The first-order valence-corrected chi connectivity index (χ1v) is 8.38. The lowest BCUT2D eigenvalue weighted by Crippen LogP contribution is -2.27. The van der Waals surface area contributed by atoms with Gasteiger partial charge >= 0.3 is 0 Å². The van der Waals surface area contributed by atoms with Crippen LogP contribution in [0, 0.1) is 0 Å². The van der Waals surface area contributed by atoms with Crippen molar-refractivity contribution in [3.63, 3.8) is 0 Å². The van der Waals surface area contributed by atoms with E-state index in [-0.39, 0.29) is 6.61 Å². The summed E-state index contributed by atoms with van der Waals surface area (Å²) in [6.45, 7) is 7.64. The molecule has 0 radical (unpaired) electrons. The average Bonchev–Trinajstić information content (AvgIpc) is 2.49. The summed E-state index contributed by atoms with van der Waals surface area (Å²) in [6.07, 6.45) is 1.06. The van der Waals surface area contributed by atoms with E-state index < -0.39 is 0 Å². The average molecular weight is 337 g/mol. The summed E-state index contributed by atoms with van der Waals surface area (Å²) in [5, 5.41) is 8.29. The number of ether oxygens (including phenoxy) is 2. The van der Waals surface area contributed by atoms with Crippen LogP contribution >= 0.6 is 0 Å². The quantitative estimate of drug-likeness (QED) is 0.410. The first kappa shape index (κ1) is 25.0. The first-order chi connectivity index (χ1) is 10.9. The maximum atomic E-state index is 8.29. The molecule has 0 bridgehead atoms. The van der Waals surface area contributed by atoms with Gasteiger partial charge in [0.25, 0.3) is 0 Å². The second-order valence-corrected chi connectivity index (χ2v) is 6.00. The van der Waals surface area contributed by atoms with Gasteiger partial charge in [-0.1, -0.05) is 0 Å². The van der Waals surface area contributed by atoms with Crippen LogP contribution in [0.4, 0.5) is 0 Å². The van der Waals surface area contributed by atoms with Gasteiger partial charge in [0.05, 0.1) is 33.0 Å². The molecule has 0 aliphatic rings. The van der Waals surface area contributed by atoms with Crippen molar-refractivity contribution in [3.8, 4) is 0 Å². The molecule has 0 rings (SSSR count). The van der Waals surface area contributed by atoms with Crippen LogP contribution in [0.15, 0.2) is 0 Å². The lowest BCUT2D eigenvalue weighted by Gasteiger charge is -2.16. The summed E-state index contributed by atoms with van der Waals surface area (Å²) in [4.78, 5) is 6.41. The fourth-order valence-electron chi connectivity index (χ4n) is 1.46. The van der Waals surface area contributed by atoms with Gasteiger partial charge in [0.2, 0.25) is 0 Å². The van der Waals surface area contributed by atoms with Gasteiger partial charge in [0.15, 0.2) is 0 Å². The minimum Gasteiger partial charge on any atom is -0.394 e. The van der Waals surface area contributed by atoms with Crippen molar-refractivity contribution in [2.75, 3.05) is 101 Å². The summed E-state index contributed by atoms with van der Waals surface area (Å²) in [5.41, 5.74) is 5.42. The van der Waals surface area contributed by atoms with Crippen LogP contribution in [0.2, 0.25) is 0 Å². The molecule has 0 unspecified atom stereocenters. The largest absolute Gasteiger partial charge is 0.394 e. The number of nitrogens with zero attached hydrogens (tertiary/aromatic N) is 3. The van der Waals surface area contributed by atoms with Gasteiger partial charge < -0.3 is 35.0 Å². The summed E-state index contributed by atoms with van der Waals surface area (Å²) < 4.78 is 10.5. The number of nitrogens with two attached hydrogens (primary N) is 1. The molecule has 0 aromatic carbocycles. The van der Waals surface area contributed by atoms with E-state index in [1.807, 2.05) is 19.0 Å². The normalized spacial score (nSPS) is 11.2. The number of aliphatic hydroxyl groups excluding tert-OH is 1. The lowest BCUT2D eigenvalue weighted by atomic mass is 10.4. The number of rotatable bonds is 14. The zero-order valence-electron chi connectivity index (χ0n) is 16.0. The highest BCUT2D eigenvalue weighted by Gasteiger charge is 1.97. The molecule has 3 N–H and O–H groups in total. The van der Waals surface area contributed by atoms with Crippen LogP contribution in [0.5, 0.6) is 0 Å². The number of likely N-dealkylation sites (N-methyl/N-ethyl adjacent to an activating group) is 3. The molecule has 0 aromatic heterocycles. The fourth-order valence-corrected chi connectivity index (χ4v) is 1.46. The van der Waals surface area contributed by atoms with E-state index in [2.05, 4.69) is 30.9 Å². The Kier molecular flexibility index (Phi) is 21.5. The van der Waals surface area contributed by atoms with Gasteiger partial charge in [-0.2, -0.15) is 0 Å². The Balaban J connectivity index is 0. The molecule has 23 heavy (non-hydrogen) atoms. The predicted molar refractivity (Wildman–Crippen MR) is 97.0 cm³/mol. The van der Waals surface area contributed by atoms with Gasteiger partial charge in [0.1, 0.15) is 0 Å². The van der Waals surface area contributed by atoms with Crippen LogP contribution in [0.25, 0.3) is 0 Å². The van der Waals surface area contributed by atoms with E-state index in [4.69, 9.17) is 20.3 Å². The molecule has 0 fully saturated rings. The number of hydrogen-bond acceptors (Lipinski definition) is 7. The smallest absolute Gasteiger partial charge is 0.0698 e. The Morgan fingerprint density at radius 2 is 1.22 bits per heavy atom. The molecule has 7 heteroatoms. The zero-order valence-corrected chi connectivity index (χ0v) is 16.0. The van der Waals surface area contributed by atoms with Crippen LogP contribution in [-0.2, 0) is 9.47 Å². The van der Waals surface area contributed by atoms with Crippen molar-refractivity contribution in [2.45, 2.75) is 6.42 Å². The summed E-state index contributed by atoms with van der Waals surface area (Å²) in [5.74, 6) is 0. The van der Waals surface area contributed by atoms with E-state index in [0.717, 1.165) is 52.4 Å². The van der Waals surface area contributed by atoms with Crippen molar-refractivity contribution in [1.82, 2.24) is 14.7 Å². The van der Waals surface area contributed by atoms with Crippen molar-refractivity contribution in [1.29, 1.82) is 0 Å². The molecule has 0 aliphatic carbocycles. The minimum absolute atomic E-state index is 0.118. The Morgan fingerprint density at radius 3 is 1.65 bits per heavy atom. The van der Waals surface area contributed by atoms with E-state index in [1.54, 1.807) is 0 Å². The molecule has 0 atom stereocenters. The SMILES string of the molecule is CN(C)CCOCCN(C)CCCN.CN(C)CCOCCO. The molecule has 0 saturated heterocycles. The fraction of sp³-hybridized carbons (Fsp3) is 1.00. The Morgan fingerprint density at radius 1 is 0.739 bits per heavy atom. The van der Waals surface area contributed by atoms with E-state index in [0.29, 0.717) is 13.2 Å². The van der Waals surface area contributed by atoms with Crippen LogP contribution in [0.3, 0.4) is 0 Å². The van der Waals surface area contributed by atoms with Gasteiger partial charge in [-0.25, -0.2) is 0 Å². The highest BCUT2D eigenvalue weighted by atomic mass is 16.5. The van der Waals surface area contributed by atoms with Gasteiger partial charge in [0, 0.05) is 19.6 Å². The Hall–Kier alpha value is -0.280. The molecule has 0 amide bonds. The lowest BCUT2D eigenvalue weighted by molar-refractivity contribution is 0.0821. The maximum absolute atomic E-state index is 8.29. The highest BCUT2D eigenvalue weighted by Crippen LogP contribution is 1.86. The third-order valence-corrected chi connectivity index (χ3v) is 2.96. The van der Waals surface area contributed by atoms with Crippen LogP contribution in [0.1, 0.15) is 6.42 Å². The summed E-state index contributed by atoms with van der Waals surface area (Å²) in [6, 6.07) is 0. The second-order valence-electron chi connectivity index (χ2n) is 6.00. The van der Waals surface area contributed by atoms with Gasteiger partial charge in [-0.3, -0.25) is 0 Å². The van der Waals surface area contributed by atoms with E-state index in [9.17, 15) is 0 Å². The van der Waals surface area contributed by atoms with Crippen molar-refractivity contribution >= 4 is 0 Å². The molecule has 0 aromatic rings. The molecule has 0 spiro atoms. The molecule has 142 valence electrons. The monoisotopic (exact) mass is 336 g/mol. The molecular weight excluding hydrogens is 296 g/mol. The molecular formula is C16H40N4O3. The third-order valence-electron chi connectivity index (χ3n) is 2.96. The van der Waals surface area contributed by atoms with Crippen LogP contribution in [-0.4, -0.2) is 121 Å². The number of aliphatic hydroxyl groups is 1. The highest BCUT2D eigenvalue weighted by molar-refractivity contribution is 4.51. The van der Waals surface area contributed by atoms with Gasteiger partial charge in [-0.05, 0) is 54.7 Å². The Labute approximate surface area is 143 Å². The van der Waals surface area contributed by atoms with E-state index >= 15 is 0 Å². The minimum atomic E-state index is 0.118. The second kappa shape index (κ2) is 19.8. The van der Waals surface area contributed by atoms with Crippen molar-refractivity contribution in [3.05, 3.63) is 0 Å². The molecule has 0 heterocycles. The van der Waals surface area contributed by atoms with Crippen molar-refractivity contribution < 1.29 is 14.6 Å². The number of hydrogen-bond donors (Lipinski definition) is 2. The Bertz CT molecular complexity index is 220. The van der Waals surface area contributed by atoms with Crippen molar-refractivity contribution in [2.24, 2.45) is 5.73 Å². The zero-order chi connectivity index (χ0) is 17.9. The maximum Gasteiger partial charge on any atom is 0.0698 e. The van der Waals surface area contributed by atoms with Crippen LogP contribution < -0.4 is 5.73 Å². The standard InChI is InChI=1S/C10H25N3O.C6H15NO2/c1-12(2)7-9-14-10-8-13(3)6-4-5-11;1-7(2)3-5-9-6-4-8/h4-11H2,1-3H3;8H,3-6H2,1-2H3. The summed E-state index contributed by atoms with van der Waals surface area (Å²) >= 11 is 0. The third kappa shape index (κ3) is 26.9. The first-order valence-electron chi connectivity index (χ1n) is 8.38. The molecule has 7 nitrogen and oxygen atoms in total. The summed E-state index contributed by atoms with van der Waals surface area (Å²) in [7, 11) is 10.2. The topological polar surface area (TPSA) is 74.4 Å². The molecule has 0 aliphatic heterocycles. The van der Waals surface area contributed by atoms with Gasteiger partial charge in [-0.15, -0.1) is 0 Å².